The van der Waals surface area contributed by atoms with E-state index < -0.39 is 0 Å². The summed E-state index contributed by atoms with van der Waals surface area (Å²) < 4.78 is 0. The quantitative estimate of drug-likeness (QED) is 0.733. The highest BCUT2D eigenvalue weighted by molar-refractivity contribution is 7.99. The summed E-state index contributed by atoms with van der Waals surface area (Å²) in [5.74, 6) is 0.841. The molecule has 0 saturated carbocycles. The molecule has 0 amide bonds. The van der Waals surface area contributed by atoms with Crippen molar-refractivity contribution in [3.8, 4) is 0 Å². The lowest BCUT2D eigenvalue weighted by molar-refractivity contribution is 0.650. The van der Waals surface area contributed by atoms with E-state index in [1.807, 2.05) is 30.3 Å². The van der Waals surface area contributed by atoms with Gasteiger partial charge in [0.25, 0.3) is 0 Å². The topological polar surface area (TPSA) is 39.9 Å². The van der Waals surface area contributed by atoms with Crippen LogP contribution in [0.2, 0.25) is 0 Å². The third-order valence-electron chi connectivity index (χ3n) is 3.11. The van der Waals surface area contributed by atoms with Gasteiger partial charge < -0.3 is 4.90 Å². The Morgan fingerprint density at radius 2 is 1.85 bits per heavy atom. The minimum Gasteiger partial charge on any atom is -0.374 e. The van der Waals surface area contributed by atoms with Crippen LogP contribution in [0.1, 0.15) is 6.42 Å². The first-order valence-corrected chi connectivity index (χ1v) is 7.74. The first-order chi connectivity index (χ1) is 9.75. The second-order valence-corrected chi connectivity index (χ2v) is 5.83. The monoisotopic (exact) mass is 286 g/mol. The summed E-state index contributed by atoms with van der Waals surface area (Å²) >= 11 is 1.76. The van der Waals surface area contributed by atoms with E-state index in [4.69, 9.17) is 5.73 Å². The number of aromatic nitrogens is 1. The lowest BCUT2D eigenvalue weighted by Crippen LogP contribution is -2.24. The Morgan fingerprint density at radius 3 is 2.55 bits per heavy atom. The van der Waals surface area contributed by atoms with Gasteiger partial charge in [0.2, 0.25) is 0 Å². The van der Waals surface area contributed by atoms with Crippen molar-refractivity contribution in [1.82, 2.24) is 10.7 Å². The molecule has 20 heavy (non-hydrogen) atoms. The third-order valence-corrected chi connectivity index (χ3v) is 4.29. The molecule has 0 bridgehead atoms. The summed E-state index contributed by atoms with van der Waals surface area (Å²) in [5, 5.41) is 0. The summed E-state index contributed by atoms with van der Waals surface area (Å²) in [6.45, 7) is 0.896. The summed E-state index contributed by atoms with van der Waals surface area (Å²) in [6, 6.07) is 14.3. The fourth-order valence-electron chi connectivity index (χ4n) is 1.87. The second-order valence-electron chi connectivity index (χ2n) is 4.74. The number of pyridine rings is 1. The number of thioether (sulfide) groups is 1. The molecular weight excluding hydrogens is 266 g/mol. The van der Waals surface area contributed by atoms with Crippen molar-refractivity contribution in [3.63, 3.8) is 0 Å². The van der Waals surface area contributed by atoms with Crippen LogP contribution in [0.25, 0.3) is 0 Å². The highest BCUT2D eigenvalue weighted by Gasteiger charge is 2.07. The zero-order chi connectivity index (χ0) is 14.2. The zero-order valence-electron chi connectivity index (χ0n) is 11.7. The molecule has 0 spiro atoms. The van der Waals surface area contributed by atoms with Crippen LogP contribution < -0.4 is 10.6 Å². The van der Waals surface area contributed by atoms with E-state index in [9.17, 15) is 0 Å². The molecule has 105 valence electrons. The Bertz CT molecular complexity index is 490. The first kappa shape index (κ1) is 14.9. The summed E-state index contributed by atoms with van der Waals surface area (Å²) in [5.41, 5.74) is 9.27. The van der Waals surface area contributed by atoms with Crippen LogP contribution in [0.3, 0.4) is 0 Å². The molecule has 2 aromatic rings. The number of benzene rings is 1. The van der Waals surface area contributed by atoms with Gasteiger partial charge in [0.05, 0.1) is 0 Å². The van der Waals surface area contributed by atoms with Crippen molar-refractivity contribution in [2.24, 2.45) is 0 Å². The van der Waals surface area contributed by atoms with Crippen LogP contribution >= 0.6 is 11.8 Å². The van der Waals surface area contributed by atoms with Gasteiger partial charge in [-0.15, -0.1) is 11.8 Å². The maximum Gasteiger partial charge on any atom is 0.0394 e. The molecule has 1 aromatic carbocycles. The van der Waals surface area contributed by atoms with Gasteiger partial charge >= 0.3 is 0 Å². The van der Waals surface area contributed by atoms with Crippen molar-refractivity contribution >= 4 is 17.4 Å². The van der Waals surface area contributed by atoms with Crippen molar-refractivity contribution < 1.29 is 0 Å². The molecular formula is C16H20N3S. The molecule has 0 aliphatic heterocycles. The highest BCUT2D eigenvalue weighted by Crippen LogP contribution is 2.19. The Hall–Kier alpha value is -1.52. The van der Waals surface area contributed by atoms with E-state index >= 15 is 0 Å². The molecule has 0 unspecified atom stereocenters. The van der Waals surface area contributed by atoms with E-state index in [0.29, 0.717) is 0 Å². The van der Waals surface area contributed by atoms with Gasteiger partial charge in [-0.25, -0.2) is 0 Å². The lowest BCUT2D eigenvalue weighted by Gasteiger charge is -2.20. The van der Waals surface area contributed by atoms with Crippen LogP contribution in [0, 0.1) is 0 Å². The molecule has 1 N–H and O–H groups in total. The Labute approximate surface area is 125 Å². The molecule has 0 fully saturated rings. The highest BCUT2D eigenvalue weighted by atomic mass is 32.2. The van der Waals surface area contributed by atoms with Gasteiger partial charge in [0.1, 0.15) is 0 Å². The Kier molecular flexibility index (Phi) is 5.89. The van der Waals surface area contributed by atoms with Crippen LogP contribution in [0.5, 0.6) is 0 Å². The molecule has 0 aliphatic rings. The van der Waals surface area contributed by atoms with E-state index in [1.165, 1.54) is 4.90 Å². The number of anilines is 1. The third kappa shape index (κ3) is 4.87. The molecule has 1 atom stereocenters. The van der Waals surface area contributed by atoms with E-state index in [1.54, 1.807) is 24.2 Å². The van der Waals surface area contributed by atoms with Crippen LogP contribution in [0.4, 0.5) is 5.69 Å². The predicted molar refractivity (Wildman–Crippen MR) is 86.2 cm³/mol. The van der Waals surface area contributed by atoms with Gasteiger partial charge in [0.15, 0.2) is 0 Å². The van der Waals surface area contributed by atoms with Crippen LogP contribution in [-0.2, 0) is 0 Å². The Morgan fingerprint density at radius 1 is 1.15 bits per heavy atom. The fraction of sp³-hybridized carbons (Fsp3) is 0.312. The smallest absolute Gasteiger partial charge is 0.0394 e. The SMILES string of the molecule is CN(CC[C@@H]([NH])CSc1ccccc1)c1ccncc1. The fourth-order valence-corrected chi connectivity index (χ4v) is 2.78. The second kappa shape index (κ2) is 7.92. The largest absolute Gasteiger partial charge is 0.374 e. The van der Waals surface area contributed by atoms with Gasteiger partial charge in [-0.3, -0.25) is 10.7 Å². The predicted octanol–water partition coefficient (Wildman–Crippen LogP) is 3.35. The van der Waals surface area contributed by atoms with Crippen LogP contribution in [-0.4, -0.2) is 30.4 Å². The number of rotatable bonds is 7. The van der Waals surface area contributed by atoms with Crippen molar-refractivity contribution in [2.75, 3.05) is 24.2 Å². The van der Waals surface area contributed by atoms with E-state index in [-0.39, 0.29) is 6.04 Å². The number of nitrogens with zero attached hydrogens (tertiary/aromatic N) is 2. The molecule has 2 rings (SSSR count). The average Bonchev–Trinajstić information content (AvgIpc) is 2.52. The molecule has 0 aliphatic carbocycles. The van der Waals surface area contributed by atoms with Gasteiger partial charge in [0, 0.05) is 48.4 Å². The molecule has 4 heteroatoms. The standard InChI is InChI=1S/C16H20N3S/c1-19(15-7-10-18-11-8-15)12-9-14(17)13-20-16-5-3-2-4-6-16/h2-8,10-11,14,17H,9,12-13H2,1H3/t14-/m1/s1. The summed E-state index contributed by atoms with van der Waals surface area (Å²) in [6.07, 6.45) is 4.48. The molecule has 1 radical (unpaired) electrons. The minimum atomic E-state index is -0.0375. The average molecular weight is 286 g/mol. The lowest BCUT2D eigenvalue weighted by atomic mass is 10.2. The zero-order valence-corrected chi connectivity index (χ0v) is 12.5. The van der Waals surface area contributed by atoms with Crippen molar-refractivity contribution in [3.05, 3.63) is 54.9 Å². The Balaban J connectivity index is 1.71. The summed E-state index contributed by atoms with van der Waals surface area (Å²) in [4.78, 5) is 7.44. The van der Waals surface area contributed by atoms with E-state index in [0.717, 1.165) is 24.4 Å². The van der Waals surface area contributed by atoms with E-state index in [2.05, 4.69) is 29.1 Å². The van der Waals surface area contributed by atoms with Gasteiger partial charge in [-0.05, 0) is 30.7 Å². The van der Waals surface area contributed by atoms with Gasteiger partial charge in [-0.1, -0.05) is 18.2 Å². The number of hydrogen-bond donors (Lipinski definition) is 0. The molecule has 0 saturated heterocycles. The molecule has 1 aromatic heterocycles. The minimum absolute atomic E-state index is 0.0375. The molecule has 1 heterocycles. The maximum absolute atomic E-state index is 8.12. The van der Waals surface area contributed by atoms with Crippen LogP contribution in [0.15, 0.2) is 59.8 Å². The number of hydrogen-bond acceptors (Lipinski definition) is 3. The van der Waals surface area contributed by atoms with Crippen molar-refractivity contribution in [2.45, 2.75) is 17.4 Å². The summed E-state index contributed by atoms with van der Waals surface area (Å²) in [7, 11) is 2.06. The van der Waals surface area contributed by atoms with Crippen molar-refractivity contribution in [1.29, 1.82) is 0 Å². The maximum atomic E-state index is 8.12. The normalized spacial score (nSPS) is 12.1. The first-order valence-electron chi connectivity index (χ1n) is 6.76. The van der Waals surface area contributed by atoms with Gasteiger partial charge in [-0.2, -0.15) is 0 Å². The number of nitrogens with one attached hydrogen (secondary N) is 1. The molecule has 3 nitrogen and oxygen atoms in total.